The minimum absolute atomic E-state index is 0.0505. The van der Waals surface area contributed by atoms with Crippen LogP contribution in [0.2, 0.25) is 0 Å². The maximum absolute atomic E-state index is 12.5. The average Bonchev–Trinajstić information content (AvgIpc) is 2.72. The molecule has 0 spiro atoms. The minimum Gasteiger partial charge on any atom is -0.389 e. The summed E-state index contributed by atoms with van der Waals surface area (Å²) in [4.78, 5) is 14.8. The van der Waals surface area contributed by atoms with Crippen LogP contribution in [-0.2, 0) is 4.74 Å². The van der Waals surface area contributed by atoms with Gasteiger partial charge >= 0.3 is 0 Å². The highest BCUT2D eigenvalue weighted by Gasteiger charge is 2.11. The highest BCUT2D eigenvalue weighted by molar-refractivity contribution is 5.95. The lowest BCUT2D eigenvalue weighted by atomic mass is 9.99. The molecule has 1 amide bonds. The highest BCUT2D eigenvalue weighted by atomic mass is 16.5. The molecule has 3 rings (SSSR count). The van der Waals surface area contributed by atoms with E-state index < -0.39 is 6.10 Å². The molecule has 2 aromatic rings. The second-order valence-corrected chi connectivity index (χ2v) is 6.95. The number of nitrogens with one attached hydrogen (secondary N) is 1. The fourth-order valence-corrected chi connectivity index (χ4v) is 3.25. The lowest BCUT2D eigenvalue weighted by molar-refractivity contribution is 0.0374. The van der Waals surface area contributed by atoms with Crippen LogP contribution in [0.1, 0.15) is 35.4 Å². The molecule has 5 heteroatoms. The third-order valence-electron chi connectivity index (χ3n) is 4.87. The van der Waals surface area contributed by atoms with Gasteiger partial charge in [0.15, 0.2) is 0 Å². The first-order valence-corrected chi connectivity index (χ1v) is 9.60. The molecule has 2 N–H and O–H groups in total. The van der Waals surface area contributed by atoms with Crippen molar-refractivity contribution in [3.05, 3.63) is 59.7 Å². The van der Waals surface area contributed by atoms with Crippen molar-refractivity contribution in [1.82, 2.24) is 10.2 Å². The molecule has 0 saturated carbocycles. The molecule has 1 unspecified atom stereocenters. The van der Waals surface area contributed by atoms with Crippen molar-refractivity contribution in [2.45, 2.75) is 19.4 Å². The Labute approximate surface area is 161 Å². The van der Waals surface area contributed by atoms with Crippen LogP contribution in [0, 0.1) is 0 Å². The normalized spacial score (nSPS) is 16.1. The second-order valence-electron chi connectivity index (χ2n) is 6.95. The number of aliphatic hydroxyl groups is 1. The van der Waals surface area contributed by atoms with E-state index in [0.717, 1.165) is 56.0 Å². The minimum atomic E-state index is -0.511. The standard InChI is InChI=1S/C22H28N2O3/c1-17(25)18-5-2-6-19(15-18)20-7-3-8-21(16-20)22(26)23-9-4-10-24-11-13-27-14-12-24/h2-3,5-8,15-17,25H,4,9-14H2,1H3,(H,23,26). The van der Waals surface area contributed by atoms with Crippen LogP contribution in [0.15, 0.2) is 48.5 Å². The molecule has 0 bridgehead atoms. The van der Waals surface area contributed by atoms with E-state index in [9.17, 15) is 9.90 Å². The third-order valence-corrected chi connectivity index (χ3v) is 4.87. The lowest BCUT2D eigenvalue weighted by Gasteiger charge is -2.26. The molecule has 144 valence electrons. The molecule has 1 saturated heterocycles. The predicted molar refractivity (Wildman–Crippen MR) is 107 cm³/mol. The van der Waals surface area contributed by atoms with Gasteiger partial charge in [-0.1, -0.05) is 30.3 Å². The van der Waals surface area contributed by atoms with E-state index in [4.69, 9.17) is 4.74 Å². The van der Waals surface area contributed by atoms with Gasteiger partial charge in [0.05, 0.1) is 19.3 Å². The van der Waals surface area contributed by atoms with Crippen LogP contribution >= 0.6 is 0 Å². The highest BCUT2D eigenvalue weighted by Crippen LogP contribution is 2.24. The van der Waals surface area contributed by atoms with Crippen LogP contribution in [-0.4, -0.2) is 55.3 Å². The molecule has 0 aromatic heterocycles. The topological polar surface area (TPSA) is 61.8 Å². The molecule has 5 nitrogen and oxygen atoms in total. The second kappa shape index (κ2) is 9.65. The van der Waals surface area contributed by atoms with Crippen molar-refractivity contribution < 1.29 is 14.6 Å². The van der Waals surface area contributed by atoms with E-state index in [-0.39, 0.29) is 5.91 Å². The van der Waals surface area contributed by atoms with Gasteiger partial charge in [-0.15, -0.1) is 0 Å². The van der Waals surface area contributed by atoms with Crippen LogP contribution in [0.4, 0.5) is 0 Å². The zero-order valence-electron chi connectivity index (χ0n) is 15.9. The van der Waals surface area contributed by atoms with E-state index in [1.807, 2.05) is 48.5 Å². The van der Waals surface area contributed by atoms with Crippen molar-refractivity contribution in [1.29, 1.82) is 0 Å². The van der Waals surface area contributed by atoms with Gasteiger partial charge in [-0.2, -0.15) is 0 Å². The number of hydrogen-bond donors (Lipinski definition) is 2. The van der Waals surface area contributed by atoms with Gasteiger partial charge < -0.3 is 15.2 Å². The maximum Gasteiger partial charge on any atom is 0.251 e. The molecule has 1 atom stereocenters. The summed E-state index contributed by atoms with van der Waals surface area (Å²) >= 11 is 0. The summed E-state index contributed by atoms with van der Waals surface area (Å²) in [5, 5.41) is 12.8. The summed E-state index contributed by atoms with van der Waals surface area (Å²) in [7, 11) is 0. The van der Waals surface area contributed by atoms with Gasteiger partial charge in [-0.3, -0.25) is 9.69 Å². The van der Waals surface area contributed by atoms with E-state index in [1.165, 1.54) is 0 Å². The van der Waals surface area contributed by atoms with Crippen LogP contribution in [0.25, 0.3) is 11.1 Å². The van der Waals surface area contributed by atoms with Crippen LogP contribution in [0.3, 0.4) is 0 Å². The van der Waals surface area contributed by atoms with Gasteiger partial charge in [0.2, 0.25) is 0 Å². The summed E-state index contributed by atoms with van der Waals surface area (Å²) in [6, 6.07) is 15.4. The molecular formula is C22H28N2O3. The fraction of sp³-hybridized carbons (Fsp3) is 0.409. The summed E-state index contributed by atoms with van der Waals surface area (Å²) in [5.74, 6) is -0.0505. The molecule has 0 radical (unpaired) electrons. The predicted octanol–water partition coefficient (Wildman–Crippen LogP) is 2.86. The Kier molecular flexibility index (Phi) is 6.98. The Morgan fingerprint density at radius 2 is 1.85 bits per heavy atom. The zero-order valence-corrected chi connectivity index (χ0v) is 15.9. The Bertz CT molecular complexity index is 755. The Morgan fingerprint density at radius 3 is 2.59 bits per heavy atom. The number of hydrogen-bond acceptors (Lipinski definition) is 4. The van der Waals surface area contributed by atoms with Crippen molar-refractivity contribution in [3.8, 4) is 11.1 Å². The molecule has 1 aliphatic rings. The number of rotatable bonds is 7. The maximum atomic E-state index is 12.5. The molecule has 1 heterocycles. The van der Waals surface area contributed by atoms with E-state index in [2.05, 4.69) is 10.2 Å². The number of ether oxygens (including phenoxy) is 1. The van der Waals surface area contributed by atoms with Crippen molar-refractivity contribution in [3.63, 3.8) is 0 Å². The zero-order chi connectivity index (χ0) is 19.1. The van der Waals surface area contributed by atoms with Crippen LogP contribution in [0.5, 0.6) is 0 Å². The SMILES string of the molecule is CC(O)c1cccc(-c2cccc(C(=O)NCCCN3CCOCC3)c2)c1. The number of carbonyl (C=O) groups excluding carboxylic acids is 1. The molecule has 1 fully saturated rings. The van der Waals surface area contributed by atoms with E-state index >= 15 is 0 Å². The number of aliphatic hydroxyl groups excluding tert-OH is 1. The number of carbonyl (C=O) groups is 1. The fourth-order valence-electron chi connectivity index (χ4n) is 3.25. The summed E-state index contributed by atoms with van der Waals surface area (Å²) in [5.41, 5.74) is 3.49. The van der Waals surface area contributed by atoms with Crippen molar-refractivity contribution in [2.75, 3.05) is 39.4 Å². The molecular weight excluding hydrogens is 340 g/mol. The van der Waals surface area contributed by atoms with E-state index in [1.54, 1.807) is 6.92 Å². The van der Waals surface area contributed by atoms with Gasteiger partial charge in [0.25, 0.3) is 5.91 Å². The van der Waals surface area contributed by atoms with Crippen LogP contribution < -0.4 is 5.32 Å². The number of nitrogens with zero attached hydrogens (tertiary/aromatic N) is 1. The number of morpholine rings is 1. The first-order chi connectivity index (χ1) is 13.1. The molecule has 1 aliphatic heterocycles. The van der Waals surface area contributed by atoms with Crippen molar-refractivity contribution >= 4 is 5.91 Å². The molecule has 27 heavy (non-hydrogen) atoms. The Balaban J connectivity index is 1.56. The number of benzene rings is 2. The summed E-state index contributed by atoms with van der Waals surface area (Å²) in [6.07, 6.45) is 0.421. The Hall–Kier alpha value is -2.21. The first-order valence-electron chi connectivity index (χ1n) is 9.60. The first kappa shape index (κ1) is 19.5. The molecule has 0 aliphatic carbocycles. The van der Waals surface area contributed by atoms with Gasteiger partial charge in [0, 0.05) is 25.2 Å². The average molecular weight is 368 g/mol. The van der Waals surface area contributed by atoms with Gasteiger partial charge in [0.1, 0.15) is 0 Å². The van der Waals surface area contributed by atoms with Crippen molar-refractivity contribution in [2.24, 2.45) is 0 Å². The number of amides is 1. The van der Waals surface area contributed by atoms with E-state index in [0.29, 0.717) is 12.1 Å². The smallest absolute Gasteiger partial charge is 0.251 e. The third kappa shape index (κ3) is 5.63. The Morgan fingerprint density at radius 1 is 1.15 bits per heavy atom. The summed E-state index contributed by atoms with van der Waals surface area (Å²) < 4.78 is 5.34. The summed E-state index contributed by atoms with van der Waals surface area (Å²) in [6.45, 7) is 6.95. The lowest BCUT2D eigenvalue weighted by Crippen LogP contribution is -2.38. The van der Waals surface area contributed by atoms with Gasteiger partial charge in [-0.25, -0.2) is 0 Å². The molecule has 2 aromatic carbocycles. The monoisotopic (exact) mass is 368 g/mol. The quantitative estimate of drug-likeness (QED) is 0.738. The largest absolute Gasteiger partial charge is 0.389 e. The van der Waals surface area contributed by atoms with Gasteiger partial charge in [-0.05, 0) is 54.8 Å².